The summed E-state index contributed by atoms with van der Waals surface area (Å²) in [7, 11) is -2.16. The van der Waals surface area contributed by atoms with Gasteiger partial charge in [-0.2, -0.15) is 0 Å². The average molecular weight is 293 g/mol. The summed E-state index contributed by atoms with van der Waals surface area (Å²) in [5, 5.41) is 7.97. The van der Waals surface area contributed by atoms with E-state index in [9.17, 15) is 13.2 Å². The first-order valence-corrected chi connectivity index (χ1v) is 6.98. The normalized spacial score (nSPS) is 13.3. The van der Waals surface area contributed by atoms with Crippen molar-refractivity contribution < 1.29 is 23.1 Å². The van der Waals surface area contributed by atoms with E-state index in [1.807, 2.05) is 0 Å². The summed E-state index contributed by atoms with van der Waals surface area (Å²) in [6.07, 6.45) is 0. The average Bonchev–Trinajstić information content (AvgIpc) is 2.28. The van der Waals surface area contributed by atoms with Crippen molar-refractivity contribution in [2.75, 3.05) is 13.7 Å². The SMILES string of the molecule is COCC(C)S(=O)(=O)c1ccc(C(=O)O)c(Cl)c1. The summed E-state index contributed by atoms with van der Waals surface area (Å²) >= 11 is 5.74. The van der Waals surface area contributed by atoms with Gasteiger partial charge in [0.1, 0.15) is 0 Å². The number of ether oxygens (including phenoxy) is 1. The summed E-state index contributed by atoms with van der Waals surface area (Å²) in [6, 6.07) is 3.56. The van der Waals surface area contributed by atoms with Crippen molar-refractivity contribution in [3.05, 3.63) is 28.8 Å². The molecule has 0 aliphatic heterocycles. The number of carboxylic acid groups (broad SMARTS) is 1. The summed E-state index contributed by atoms with van der Waals surface area (Å²) in [5.74, 6) is -1.20. The number of sulfone groups is 1. The van der Waals surface area contributed by atoms with Crippen LogP contribution in [0, 0.1) is 0 Å². The van der Waals surface area contributed by atoms with Gasteiger partial charge < -0.3 is 9.84 Å². The van der Waals surface area contributed by atoms with Gasteiger partial charge in [0, 0.05) is 7.11 Å². The molecule has 1 N–H and O–H groups in total. The van der Waals surface area contributed by atoms with Crippen LogP contribution in [0.3, 0.4) is 0 Å². The quantitative estimate of drug-likeness (QED) is 0.896. The number of methoxy groups -OCH3 is 1. The molecule has 1 aromatic carbocycles. The Labute approximate surface area is 110 Å². The molecule has 0 aromatic heterocycles. The van der Waals surface area contributed by atoms with Crippen molar-refractivity contribution >= 4 is 27.4 Å². The van der Waals surface area contributed by atoms with Crippen LogP contribution in [-0.4, -0.2) is 38.5 Å². The number of carboxylic acids is 1. The van der Waals surface area contributed by atoms with Crippen molar-refractivity contribution in [3.8, 4) is 0 Å². The highest BCUT2D eigenvalue weighted by molar-refractivity contribution is 7.92. The molecule has 5 nitrogen and oxygen atoms in total. The van der Waals surface area contributed by atoms with Crippen molar-refractivity contribution in [1.29, 1.82) is 0 Å². The predicted octanol–water partition coefficient (Wildman–Crippen LogP) is 1.85. The second kappa shape index (κ2) is 5.69. The number of hydrogen-bond acceptors (Lipinski definition) is 4. The maximum absolute atomic E-state index is 12.1. The number of carbonyl (C=O) groups is 1. The van der Waals surface area contributed by atoms with Gasteiger partial charge in [-0.25, -0.2) is 13.2 Å². The molecule has 1 unspecified atom stereocenters. The lowest BCUT2D eigenvalue weighted by Gasteiger charge is -2.12. The van der Waals surface area contributed by atoms with Crippen LogP contribution in [0.1, 0.15) is 17.3 Å². The fourth-order valence-corrected chi connectivity index (χ4v) is 3.05. The van der Waals surface area contributed by atoms with Crippen LogP contribution in [0.25, 0.3) is 0 Å². The monoisotopic (exact) mass is 292 g/mol. The van der Waals surface area contributed by atoms with Crippen molar-refractivity contribution in [3.63, 3.8) is 0 Å². The smallest absolute Gasteiger partial charge is 0.337 e. The maximum Gasteiger partial charge on any atom is 0.337 e. The van der Waals surface area contributed by atoms with E-state index in [0.29, 0.717) is 0 Å². The molecule has 0 radical (unpaired) electrons. The Morgan fingerprint density at radius 3 is 2.56 bits per heavy atom. The first-order chi connectivity index (χ1) is 8.30. The minimum absolute atomic E-state index is 0.0120. The fraction of sp³-hybridized carbons (Fsp3) is 0.364. The van der Waals surface area contributed by atoms with Gasteiger partial charge in [-0.15, -0.1) is 0 Å². The van der Waals surface area contributed by atoms with Gasteiger partial charge in [0.05, 0.1) is 27.3 Å². The number of rotatable bonds is 5. The highest BCUT2D eigenvalue weighted by atomic mass is 35.5. The van der Waals surface area contributed by atoms with Gasteiger partial charge in [0.2, 0.25) is 0 Å². The Bertz CT molecular complexity index is 553. The molecule has 1 rings (SSSR count). The Morgan fingerprint density at radius 2 is 2.11 bits per heavy atom. The van der Waals surface area contributed by atoms with Crippen LogP contribution in [0.15, 0.2) is 23.1 Å². The molecule has 0 saturated carbocycles. The molecule has 100 valence electrons. The number of hydrogen-bond donors (Lipinski definition) is 1. The van der Waals surface area contributed by atoms with Gasteiger partial charge in [-0.3, -0.25) is 0 Å². The molecule has 0 aliphatic carbocycles. The first kappa shape index (κ1) is 14.9. The zero-order valence-electron chi connectivity index (χ0n) is 9.88. The molecule has 0 saturated heterocycles. The fourth-order valence-electron chi connectivity index (χ4n) is 1.40. The predicted molar refractivity (Wildman–Crippen MR) is 66.9 cm³/mol. The summed E-state index contributed by atoms with van der Waals surface area (Å²) in [4.78, 5) is 10.8. The van der Waals surface area contributed by atoms with Crippen molar-refractivity contribution in [2.45, 2.75) is 17.1 Å². The second-order valence-corrected chi connectivity index (χ2v) is 6.53. The largest absolute Gasteiger partial charge is 0.478 e. The van der Waals surface area contributed by atoms with E-state index in [-0.39, 0.29) is 22.1 Å². The summed E-state index contributed by atoms with van der Waals surface area (Å²) in [6.45, 7) is 1.57. The lowest BCUT2D eigenvalue weighted by Crippen LogP contribution is -2.23. The minimum Gasteiger partial charge on any atom is -0.478 e. The molecule has 0 bridgehead atoms. The van der Waals surface area contributed by atoms with Gasteiger partial charge in [0.15, 0.2) is 9.84 Å². The van der Waals surface area contributed by atoms with E-state index >= 15 is 0 Å². The highest BCUT2D eigenvalue weighted by Crippen LogP contribution is 2.23. The lowest BCUT2D eigenvalue weighted by atomic mass is 10.2. The molecule has 0 spiro atoms. The minimum atomic E-state index is -3.57. The summed E-state index contributed by atoms with van der Waals surface area (Å²) < 4.78 is 28.9. The van der Waals surface area contributed by atoms with Gasteiger partial charge in [-0.05, 0) is 25.1 Å². The Balaban J connectivity index is 3.19. The molecule has 1 atom stereocenters. The number of halogens is 1. The molecule has 1 aromatic rings. The molecule has 0 heterocycles. The first-order valence-electron chi connectivity index (χ1n) is 5.06. The second-order valence-electron chi connectivity index (χ2n) is 3.76. The van der Waals surface area contributed by atoms with E-state index in [0.717, 1.165) is 6.07 Å². The highest BCUT2D eigenvalue weighted by Gasteiger charge is 2.24. The van der Waals surface area contributed by atoms with Gasteiger partial charge in [-0.1, -0.05) is 11.6 Å². The van der Waals surface area contributed by atoms with Crippen LogP contribution in [0.4, 0.5) is 0 Å². The molecule has 0 aliphatic rings. The van der Waals surface area contributed by atoms with E-state index in [4.69, 9.17) is 21.4 Å². The number of benzene rings is 1. The van der Waals surface area contributed by atoms with Crippen LogP contribution >= 0.6 is 11.6 Å². The maximum atomic E-state index is 12.1. The van der Waals surface area contributed by atoms with Crippen LogP contribution in [0.5, 0.6) is 0 Å². The zero-order chi connectivity index (χ0) is 13.9. The van der Waals surface area contributed by atoms with Crippen LogP contribution < -0.4 is 0 Å². The van der Waals surface area contributed by atoms with E-state index < -0.39 is 21.1 Å². The van der Waals surface area contributed by atoms with Gasteiger partial charge in [0.25, 0.3) is 0 Å². The van der Waals surface area contributed by atoms with E-state index in [1.54, 1.807) is 0 Å². The summed E-state index contributed by atoms with van der Waals surface area (Å²) in [5.41, 5.74) is -0.130. The molecular formula is C11H13ClO5S. The Kier molecular flexibility index (Phi) is 4.72. The molecule has 0 amide bonds. The standard InChI is InChI=1S/C11H13ClO5S/c1-7(6-17-2)18(15,16)8-3-4-9(11(13)14)10(12)5-8/h3-5,7H,6H2,1-2H3,(H,13,14). The molecular weight excluding hydrogens is 280 g/mol. The Hall–Kier alpha value is -1.11. The van der Waals surface area contributed by atoms with Crippen LogP contribution in [-0.2, 0) is 14.6 Å². The third kappa shape index (κ3) is 3.01. The third-order valence-electron chi connectivity index (χ3n) is 2.43. The van der Waals surface area contributed by atoms with E-state index in [2.05, 4.69) is 0 Å². The van der Waals surface area contributed by atoms with Crippen molar-refractivity contribution in [2.24, 2.45) is 0 Å². The molecule has 18 heavy (non-hydrogen) atoms. The van der Waals surface area contributed by atoms with Crippen LogP contribution in [0.2, 0.25) is 5.02 Å². The van der Waals surface area contributed by atoms with Crippen molar-refractivity contribution in [1.82, 2.24) is 0 Å². The molecule has 7 heteroatoms. The topological polar surface area (TPSA) is 80.7 Å². The molecule has 0 fully saturated rings. The van der Waals surface area contributed by atoms with Gasteiger partial charge >= 0.3 is 5.97 Å². The lowest BCUT2D eigenvalue weighted by molar-refractivity contribution is 0.0697. The van der Waals surface area contributed by atoms with E-state index in [1.165, 1.54) is 26.2 Å². The number of aromatic carboxylic acids is 1. The zero-order valence-corrected chi connectivity index (χ0v) is 11.5. The Morgan fingerprint density at radius 1 is 1.50 bits per heavy atom. The third-order valence-corrected chi connectivity index (χ3v) is 4.85.